The van der Waals surface area contributed by atoms with Crippen LogP contribution in [0.2, 0.25) is 0 Å². The zero-order valence-corrected chi connectivity index (χ0v) is 10.7. The fraction of sp³-hybridized carbons (Fsp3) is 0.333. The van der Waals surface area contributed by atoms with Crippen LogP contribution < -0.4 is 11.3 Å². The number of hydrogen-bond acceptors (Lipinski definition) is 5. The van der Waals surface area contributed by atoms with E-state index in [2.05, 4.69) is 4.98 Å². The summed E-state index contributed by atoms with van der Waals surface area (Å²) in [5.74, 6) is -2.79. The summed E-state index contributed by atoms with van der Waals surface area (Å²) in [5, 5.41) is -0.590. The van der Waals surface area contributed by atoms with E-state index in [1.807, 2.05) is 0 Å². The van der Waals surface area contributed by atoms with E-state index < -0.39 is 89.8 Å². The minimum atomic E-state index is -3.13. The molecule has 0 spiro atoms. The van der Waals surface area contributed by atoms with E-state index in [0.717, 1.165) is 0 Å². The highest BCUT2D eigenvalue weighted by Gasteiger charge is 2.30. The van der Waals surface area contributed by atoms with Crippen LogP contribution in [0.5, 0.6) is 0 Å². The summed E-state index contributed by atoms with van der Waals surface area (Å²) in [6.45, 7) is -3.13. The van der Waals surface area contributed by atoms with E-state index in [-0.39, 0.29) is 4.57 Å². The van der Waals surface area contributed by atoms with E-state index in [4.69, 9.17) is 16.7 Å². The molecule has 1 aliphatic rings. The van der Waals surface area contributed by atoms with Crippen molar-refractivity contribution >= 4 is 28.2 Å². The number of hydrogen-bond donors (Lipinski definition) is 1. The van der Waals surface area contributed by atoms with Crippen molar-refractivity contribution in [2.45, 2.75) is 32.1 Å². The quantitative estimate of drug-likeness (QED) is 0.628. The van der Waals surface area contributed by atoms with Gasteiger partial charge in [-0.25, -0.2) is 4.98 Å². The zero-order chi connectivity index (χ0) is 22.0. The second-order valence-corrected chi connectivity index (χ2v) is 4.52. The molecule has 1 fully saturated rings. The van der Waals surface area contributed by atoms with E-state index >= 15 is 0 Å². The van der Waals surface area contributed by atoms with Crippen molar-refractivity contribution in [2.75, 3.05) is 5.73 Å². The third-order valence-electron chi connectivity index (χ3n) is 3.14. The fourth-order valence-corrected chi connectivity index (χ4v) is 2.18. The summed E-state index contributed by atoms with van der Waals surface area (Å²) >= 11 is 0. The van der Waals surface area contributed by atoms with Gasteiger partial charge in [-0.15, -0.1) is 0 Å². The molecule has 3 rings (SSSR count). The molecule has 2 aromatic rings. The SMILES string of the molecule is [2H]c1c([2H])c(N)c2c(=O)n(C3([2H])C(=O)CC(=O)CC3[2H])c(C([2H])([2H])[2H])nc2c1[2H]. The Morgan fingerprint density at radius 2 is 2.33 bits per heavy atom. The minimum Gasteiger partial charge on any atom is -0.398 e. The summed E-state index contributed by atoms with van der Waals surface area (Å²) in [6.07, 6.45) is -3.08. The van der Waals surface area contributed by atoms with Crippen molar-refractivity contribution in [1.82, 2.24) is 9.55 Å². The average molecular weight is 293 g/mol. The van der Waals surface area contributed by atoms with Gasteiger partial charge in [-0.1, -0.05) is 6.04 Å². The van der Waals surface area contributed by atoms with E-state index in [9.17, 15) is 14.4 Å². The molecule has 2 N–H and O–H groups in total. The molecule has 1 aromatic heterocycles. The average Bonchev–Trinajstić information content (AvgIpc) is 2.61. The Morgan fingerprint density at radius 3 is 3.05 bits per heavy atom. The summed E-state index contributed by atoms with van der Waals surface area (Å²) in [7, 11) is 0. The fourth-order valence-electron chi connectivity index (χ4n) is 2.18. The number of aromatic nitrogens is 2. The first-order valence-electron chi connectivity index (χ1n) is 10.1. The highest BCUT2D eigenvalue weighted by Crippen LogP contribution is 2.24. The van der Waals surface area contributed by atoms with E-state index in [0.29, 0.717) is 0 Å². The van der Waals surface area contributed by atoms with Crippen LogP contribution >= 0.6 is 0 Å². The van der Waals surface area contributed by atoms with Gasteiger partial charge in [-0.3, -0.25) is 19.0 Å². The van der Waals surface area contributed by atoms with E-state index in [1.54, 1.807) is 0 Å². The van der Waals surface area contributed by atoms with Gasteiger partial charge in [0.25, 0.3) is 5.56 Å². The first-order valence-corrected chi connectivity index (χ1v) is 6.03. The molecule has 2 atom stereocenters. The second-order valence-electron chi connectivity index (χ2n) is 4.52. The number of fused-ring (bicyclic) bond motifs is 1. The number of anilines is 1. The molecule has 2 unspecified atom stereocenters. The molecule has 21 heavy (non-hydrogen) atoms. The van der Waals surface area contributed by atoms with Gasteiger partial charge in [0.15, 0.2) is 5.78 Å². The number of carbonyl (C=O) groups excluding carboxylic acids is 2. The van der Waals surface area contributed by atoms with Gasteiger partial charge in [-0.2, -0.15) is 0 Å². The smallest absolute Gasteiger partial charge is 0.264 e. The van der Waals surface area contributed by atoms with Crippen LogP contribution in [0.25, 0.3) is 10.9 Å². The molecule has 0 radical (unpaired) electrons. The van der Waals surface area contributed by atoms with Gasteiger partial charge < -0.3 is 5.73 Å². The molecule has 0 saturated heterocycles. The maximum atomic E-state index is 13.2. The number of benzene rings is 1. The molecule has 108 valence electrons. The maximum absolute atomic E-state index is 13.2. The molecule has 1 heterocycles. The molecule has 0 amide bonds. The van der Waals surface area contributed by atoms with Gasteiger partial charge in [0.05, 0.1) is 28.8 Å². The Bertz CT molecular complexity index is 1140. The number of nitrogens with zero attached hydrogens (tertiary/aromatic N) is 2. The van der Waals surface area contributed by atoms with Gasteiger partial charge in [0.2, 0.25) is 0 Å². The van der Waals surface area contributed by atoms with Crippen molar-refractivity contribution in [3.8, 4) is 0 Å². The zero-order valence-electron chi connectivity index (χ0n) is 18.7. The van der Waals surface area contributed by atoms with Crippen molar-refractivity contribution < 1.29 is 20.6 Å². The third kappa shape index (κ3) is 2.12. The monoisotopic (exact) mass is 293 g/mol. The summed E-state index contributed by atoms with van der Waals surface area (Å²) in [6, 6.07) is -4.80. The molecule has 1 aliphatic carbocycles. The van der Waals surface area contributed by atoms with Crippen molar-refractivity contribution in [3.63, 3.8) is 0 Å². The van der Waals surface area contributed by atoms with Crippen LogP contribution in [-0.4, -0.2) is 21.1 Å². The van der Waals surface area contributed by atoms with Crippen LogP contribution in [0.1, 0.15) is 42.0 Å². The summed E-state index contributed by atoms with van der Waals surface area (Å²) in [4.78, 5) is 41.2. The van der Waals surface area contributed by atoms with Gasteiger partial charge in [-0.05, 0) is 25.3 Å². The molecular weight excluding hydrogens is 270 g/mol. The lowest BCUT2D eigenvalue weighted by Crippen LogP contribution is -2.36. The first-order chi connectivity index (χ1) is 13.2. The second kappa shape index (κ2) is 4.80. The normalized spacial score (nSPS) is 32.3. The first kappa shape index (κ1) is 6.98. The number of Topliss-reactive ketones (excluding diaryl/α,β-unsaturated/α-hetero) is 2. The predicted molar refractivity (Wildman–Crippen MR) is 78.1 cm³/mol. The van der Waals surface area contributed by atoms with E-state index in [1.165, 1.54) is 0 Å². The maximum Gasteiger partial charge on any atom is 0.264 e. The van der Waals surface area contributed by atoms with Crippen LogP contribution in [-0.2, 0) is 9.59 Å². The lowest BCUT2D eigenvalue weighted by molar-refractivity contribution is -0.132. The predicted octanol–water partition coefficient (Wildman–Crippen LogP) is 1.15. The molecule has 1 aromatic carbocycles. The van der Waals surface area contributed by atoms with Gasteiger partial charge in [0.1, 0.15) is 11.6 Å². The molecule has 1 saturated carbocycles. The standard InChI is InChI=1S/C15H15N3O3/c1-8-17-11-4-2-3-10(16)14(11)15(21)18(8)12-6-5-9(19)7-13(12)20/h2-4,12H,5-7,16H2,1H3/i1D3,2D,3D,4D,6D,12D. The lowest BCUT2D eigenvalue weighted by atomic mass is 9.92. The number of aryl methyl sites for hydroxylation is 1. The Balaban J connectivity index is 2.56. The Kier molecular flexibility index (Phi) is 1.59. The topological polar surface area (TPSA) is 95.0 Å². The Labute approximate surface area is 131 Å². The number of nitrogens with two attached hydrogens (primary N) is 1. The van der Waals surface area contributed by atoms with Gasteiger partial charge in [0, 0.05) is 17.6 Å². The largest absolute Gasteiger partial charge is 0.398 e. The number of ketones is 2. The Hall–Kier alpha value is -2.50. The third-order valence-corrected chi connectivity index (χ3v) is 3.14. The van der Waals surface area contributed by atoms with Crippen LogP contribution in [0.4, 0.5) is 5.69 Å². The van der Waals surface area contributed by atoms with Crippen molar-refractivity contribution in [2.24, 2.45) is 0 Å². The molecule has 0 bridgehead atoms. The number of carbonyl (C=O) groups is 2. The van der Waals surface area contributed by atoms with Crippen LogP contribution in [0.15, 0.2) is 22.9 Å². The highest BCUT2D eigenvalue weighted by atomic mass is 16.2. The minimum absolute atomic E-state index is 0.230. The summed E-state index contributed by atoms with van der Waals surface area (Å²) < 4.78 is 63.4. The molecule has 0 aliphatic heterocycles. The number of rotatable bonds is 1. The summed E-state index contributed by atoms with van der Waals surface area (Å²) in [5.41, 5.74) is 3.34. The van der Waals surface area contributed by atoms with Crippen LogP contribution in [0, 0.1) is 6.85 Å². The molecule has 6 nitrogen and oxygen atoms in total. The van der Waals surface area contributed by atoms with Crippen molar-refractivity contribution in [3.05, 3.63) is 34.3 Å². The lowest BCUT2D eigenvalue weighted by Gasteiger charge is -2.24. The Morgan fingerprint density at radius 1 is 1.52 bits per heavy atom. The van der Waals surface area contributed by atoms with Gasteiger partial charge >= 0.3 is 0 Å². The van der Waals surface area contributed by atoms with Crippen LogP contribution in [0.3, 0.4) is 0 Å². The van der Waals surface area contributed by atoms with Crippen molar-refractivity contribution in [1.29, 1.82) is 0 Å². The highest BCUT2D eigenvalue weighted by molar-refractivity contribution is 6.03. The molecular formula is C15H15N3O3. The number of nitrogen functional groups attached to an aromatic ring is 1. The molecule has 6 heteroatoms.